The quantitative estimate of drug-likeness (QED) is 0.301. The maximum atomic E-state index is 13.7. The SMILES string of the molecule is C1CC1.Cc1ccccc1-c1cc(N(C)C(=O)O)ncc1N(C)C(=O)C(C)(C)c1cc(C(F)(F)F)cc(C(F)(F)F)c1. The number of rotatable bonds is 5. The van der Waals surface area contributed by atoms with Crippen molar-refractivity contribution in [3.05, 3.63) is 77.0 Å². The number of carboxylic acid groups (broad SMARTS) is 1. The van der Waals surface area contributed by atoms with Crippen LogP contribution in [-0.4, -0.2) is 36.2 Å². The van der Waals surface area contributed by atoms with Crippen LogP contribution in [0.1, 0.15) is 55.4 Å². The topological polar surface area (TPSA) is 73.7 Å². The molecule has 1 N–H and O–H groups in total. The summed E-state index contributed by atoms with van der Waals surface area (Å²) in [5.41, 5.74) is -3.43. The molecule has 1 heterocycles. The monoisotopic (exact) mass is 595 g/mol. The van der Waals surface area contributed by atoms with Gasteiger partial charge < -0.3 is 10.0 Å². The summed E-state index contributed by atoms with van der Waals surface area (Å²) in [4.78, 5) is 31.3. The Labute approximate surface area is 239 Å². The molecule has 1 saturated carbocycles. The van der Waals surface area contributed by atoms with E-state index in [2.05, 4.69) is 4.98 Å². The van der Waals surface area contributed by atoms with Crippen molar-refractivity contribution in [2.45, 2.75) is 57.8 Å². The van der Waals surface area contributed by atoms with E-state index in [9.17, 15) is 41.0 Å². The molecule has 42 heavy (non-hydrogen) atoms. The molecule has 1 aromatic heterocycles. The lowest BCUT2D eigenvalue weighted by molar-refractivity contribution is -0.143. The summed E-state index contributed by atoms with van der Waals surface area (Å²) in [6.07, 6.45) is -5.71. The molecule has 2 aromatic carbocycles. The fourth-order valence-electron chi connectivity index (χ4n) is 4.04. The molecule has 1 fully saturated rings. The fraction of sp³-hybridized carbons (Fsp3) is 0.367. The zero-order valence-electron chi connectivity index (χ0n) is 23.7. The molecule has 0 atom stereocenters. The van der Waals surface area contributed by atoms with E-state index in [4.69, 9.17) is 0 Å². The first-order chi connectivity index (χ1) is 19.4. The largest absolute Gasteiger partial charge is 0.465 e. The zero-order chi connectivity index (χ0) is 31.6. The fourth-order valence-corrected chi connectivity index (χ4v) is 4.04. The summed E-state index contributed by atoms with van der Waals surface area (Å²) in [6, 6.07) is 9.52. The molecule has 3 aromatic rings. The number of aromatic nitrogens is 1. The van der Waals surface area contributed by atoms with Crippen molar-refractivity contribution in [1.29, 1.82) is 0 Å². The molecule has 0 radical (unpaired) electrons. The minimum atomic E-state index is -5.07. The van der Waals surface area contributed by atoms with Crippen LogP contribution in [0.15, 0.2) is 54.7 Å². The van der Waals surface area contributed by atoms with Crippen LogP contribution in [0.4, 0.5) is 42.6 Å². The van der Waals surface area contributed by atoms with Crippen molar-refractivity contribution >= 4 is 23.5 Å². The third-order valence-electron chi connectivity index (χ3n) is 6.80. The van der Waals surface area contributed by atoms with E-state index in [0.717, 1.165) is 15.4 Å². The number of carbonyl (C=O) groups excluding carboxylic acids is 1. The Morgan fingerprint density at radius 3 is 1.74 bits per heavy atom. The van der Waals surface area contributed by atoms with Gasteiger partial charge in [-0.3, -0.25) is 9.69 Å². The lowest BCUT2D eigenvalue weighted by atomic mass is 9.81. The molecular formula is C30H31F6N3O3. The second-order valence-corrected chi connectivity index (χ2v) is 10.6. The van der Waals surface area contributed by atoms with Gasteiger partial charge >= 0.3 is 18.4 Å². The van der Waals surface area contributed by atoms with Crippen molar-refractivity contribution in [3.8, 4) is 11.1 Å². The van der Waals surface area contributed by atoms with Gasteiger partial charge in [0.1, 0.15) is 5.82 Å². The number of hydrogen-bond donors (Lipinski definition) is 1. The van der Waals surface area contributed by atoms with Gasteiger partial charge in [0.15, 0.2) is 0 Å². The summed E-state index contributed by atoms with van der Waals surface area (Å²) in [7, 11) is 2.59. The number of aryl methyl sites for hydroxylation is 1. The Morgan fingerprint density at radius 1 is 0.786 bits per heavy atom. The maximum Gasteiger partial charge on any atom is 0.416 e. The number of benzene rings is 2. The van der Waals surface area contributed by atoms with E-state index < -0.39 is 46.5 Å². The number of carbonyl (C=O) groups is 2. The lowest BCUT2D eigenvalue weighted by Gasteiger charge is -2.32. The van der Waals surface area contributed by atoms with Crippen LogP contribution in [0, 0.1) is 6.92 Å². The van der Waals surface area contributed by atoms with Crippen LogP contribution in [0.2, 0.25) is 0 Å². The van der Waals surface area contributed by atoms with Crippen molar-refractivity contribution in [2.24, 2.45) is 0 Å². The molecule has 226 valence electrons. The lowest BCUT2D eigenvalue weighted by Crippen LogP contribution is -2.42. The molecule has 1 aliphatic carbocycles. The second kappa shape index (κ2) is 12.0. The molecule has 0 saturated heterocycles. The van der Waals surface area contributed by atoms with Gasteiger partial charge in [0.05, 0.1) is 28.4 Å². The van der Waals surface area contributed by atoms with Gasteiger partial charge in [-0.15, -0.1) is 0 Å². The summed E-state index contributed by atoms with van der Waals surface area (Å²) in [6.45, 7) is 4.25. The Morgan fingerprint density at radius 2 is 1.29 bits per heavy atom. The van der Waals surface area contributed by atoms with Gasteiger partial charge in [-0.1, -0.05) is 43.5 Å². The molecule has 0 spiro atoms. The Balaban J connectivity index is 0.00000151. The van der Waals surface area contributed by atoms with Crippen LogP contribution < -0.4 is 9.80 Å². The highest BCUT2D eigenvalue weighted by atomic mass is 19.4. The van der Waals surface area contributed by atoms with Crippen LogP contribution >= 0.6 is 0 Å². The Kier molecular flexibility index (Phi) is 9.28. The second-order valence-electron chi connectivity index (χ2n) is 10.6. The predicted molar refractivity (Wildman–Crippen MR) is 148 cm³/mol. The van der Waals surface area contributed by atoms with Crippen LogP contribution in [0.3, 0.4) is 0 Å². The molecule has 12 heteroatoms. The smallest absolute Gasteiger partial charge is 0.416 e. The average Bonchev–Trinajstić information content (AvgIpc) is 3.80. The highest BCUT2D eigenvalue weighted by Crippen LogP contribution is 2.41. The third-order valence-corrected chi connectivity index (χ3v) is 6.80. The van der Waals surface area contributed by atoms with E-state index in [1.54, 1.807) is 31.2 Å². The normalized spacial score (nSPS) is 13.1. The first-order valence-electron chi connectivity index (χ1n) is 13.0. The summed E-state index contributed by atoms with van der Waals surface area (Å²) in [5.74, 6) is -0.775. The van der Waals surface area contributed by atoms with Crippen LogP contribution in [0.25, 0.3) is 11.1 Å². The number of hydrogen-bond acceptors (Lipinski definition) is 3. The molecule has 0 aliphatic heterocycles. The van der Waals surface area contributed by atoms with Crippen LogP contribution in [0.5, 0.6) is 0 Å². The van der Waals surface area contributed by atoms with Crippen molar-refractivity contribution < 1.29 is 41.0 Å². The van der Waals surface area contributed by atoms with Gasteiger partial charge in [-0.05, 0) is 61.7 Å². The number of amides is 2. The minimum Gasteiger partial charge on any atom is -0.465 e. The highest BCUT2D eigenvalue weighted by molar-refractivity contribution is 6.03. The molecule has 0 bridgehead atoms. The van der Waals surface area contributed by atoms with Gasteiger partial charge in [-0.25, -0.2) is 9.78 Å². The van der Waals surface area contributed by atoms with Crippen LogP contribution in [-0.2, 0) is 22.6 Å². The summed E-state index contributed by atoms with van der Waals surface area (Å²) >= 11 is 0. The number of anilines is 2. The molecule has 2 amide bonds. The van der Waals surface area contributed by atoms with E-state index in [0.29, 0.717) is 23.3 Å². The Bertz CT molecular complexity index is 1430. The average molecular weight is 596 g/mol. The van der Waals surface area contributed by atoms with Gasteiger partial charge in [-0.2, -0.15) is 26.3 Å². The highest BCUT2D eigenvalue weighted by Gasteiger charge is 2.41. The Hall–Kier alpha value is -4.09. The van der Waals surface area contributed by atoms with Crippen molar-refractivity contribution in [1.82, 2.24) is 4.98 Å². The van der Waals surface area contributed by atoms with Gasteiger partial charge in [0.25, 0.3) is 0 Å². The third kappa shape index (κ3) is 7.40. The van der Waals surface area contributed by atoms with Gasteiger partial charge in [0.2, 0.25) is 5.91 Å². The molecule has 4 rings (SSSR count). The summed E-state index contributed by atoms with van der Waals surface area (Å²) in [5, 5.41) is 9.37. The van der Waals surface area contributed by atoms with Gasteiger partial charge in [0, 0.05) is 19.7 Å². The standard InChI is InChI=1S/C27H25F6N3O3.C3H6/c1-15-8-6-7-9-19(15)20-13-22(36(5)24(38)39)34-14-21(20)35(4)23(37)25(2,3)16-10-17(26(28,29)30)12-18(11-16)27(31,32)33;1-2-3-1/h6-14H,1-5H3,(H,38,39);1-3H2. The first kappa shape index (κ1) is 32.4. The number of pyridine rings is 1. The summed E-state index contributed by atoms with van der Waals surface area (Å²) < 4.78 is 80.8. The van der Waals surface area contributed by atoms with E-state index in [1.165, 1.54) is 59.5 Å². The van der Waals surface area contributed by atoms with E-state index in [1.807, 2.05) is 0 Å². The molecule has 0 unspecified atom stereocenters. The minimum absolute atomic E-state index is 0.00561. The molecule has 6 nitrogen and oxygen atoms in total. The van der Waals surface area contributed by atoms with E-state index >= 15 is 0 Å². The number of nitrogens with zero attached hydrogens (tertiary/aromatic N) is 3. The number of likely N-dealkylation sites (N-methyl/N-ethyl adjacent to an activating group) is 1. The molecular weight excluding hydrogens is 564 g/mol. The maximum absolute atomic E-state index is 13.7. The zero-order valence-corrected chi connectivity index (χ0v) is 23.7. The number of halogens is 6. The predicted octanol–water partition coefficient (Wildman–Crippen LogP) is 8.32. The first-order valence-corrected chi connectivity index (χ1v) is 13.0. The van der Waals surface area contributed by atoms with Crippen molar-refractivity contribution in [2.75, 3.05) is 23.9 Å². The molecule has 1 aliphatic rings. The van der Waals surface area contributed by atoms with E-state index in [-0.39, 0.29) is 17.6 Å². The van der Waals surface area contributed by atoms with Crippen molar-refractivity contribution in [3.63, 3.8) is 0 Å². The number of alkyl halides is 6.